The van der Waals surface area contributed by atoms with E-state index in [0.717, 1.165) is 0 Å². The molecule has 3 rings (SSSR count). The van der Waals surface area contributed by atoms with Crippen LogP contribution in [-0.2, 0) is 9.53 Å². The molecule has 126 valence electrons. The second kappa shape index (κ2) is 7.27. The quantitative estimate of drug-likeness (QED) is 0.725. The number of carbonyl (C=O) groups excluding carboxylic acids is 2. The molecule has 0 radical (unpaired) electrons. The van der Waals surface area contributed by atoms with E-state index in [0.29, 0.717) is 21.7 Å². The summed E-state index contributed by atoms with van der Waals surface area (Å²) in [6, 6.07) is 11.7. The maximum Gasteiger partial charge on any atom is 0.341 e. The van der Waals surface area contributed by atoms with Crippen molar-refractivity contribution in [1.29, 1.82) is 0 Å². The highest BCUT2D eigenvalue weighted by molar-refractivity contribution is 6.30. The highest BCUT2D eigenvalue weighted by Crippen LogP contribution is 2.17. The maximum absolute atomic E-state index is 12.4. The van der Waals surface area contributed by atoms with E-state index in [1.165, 1.54) is 13.1 Å². The number of benzene rings is 2. The molecule has 0 saturated carbocycles. The van der Waals surface area contributed by atoms with Crippen LogP contribution in [0.5, 0.6) is 0 Å². The Kier molecular flexibility index (Phi) is 4.90. The summed E-state index contributed by atoms with van der Waals surface area (Å²) in [4.78, 5) is 32.9. The van der Waals surface area contributed by atoms with E-state index in [-0.39, 0.29) is 5.56 Å². The monoisotopic (exact) mass is 355 g/mol. The van der Waals surface area contributed by atoms with E-state index < -0.39 is 18.0 Å². The van der Waals surface area contributed by atoms with Gasteiger partial charge in [0.25, 0.3) is 5.91 Å². The number of aromatic nitrogens is 2. The van der Waals surface area contributed by atoms with Crippen molar-refractivity contribution in [3.63, 3.8) is 0 Å². The van der Waals surface area contributed by atoms with Crippen LogP contribution >= 0.6 is 11.6 Å². The maximum atomic E-state index is 12.4. The van der Waals surface area contributed by atoms with Crippen molar-refractivity contribution in [3.8, 4) is 0 Å². The van der Waals surface area contributed by atoms with Gasteiger partial charge in [0.15, 0.2) is 6.10 Å². The van der Waals surface area contributed by atoms with Crippen molar-refractivity contribution in [1.82, 2.24) is 9.97 Å². The highest BCUT2D eigenvalue weighted by Gasteiger charge is 2.21. The molecular weight excluding hydrogens is 342 g/mol. The zero-order chi connectivity index (χ0) is 17.8. The third kappa shape index (κ3) is 3.92. The van der Waals surface area contributed by atoms with E-state index >= 15 is 0 Å². The summed E-state index contributed by atoms with van der Waals surface area (Å²) in [6.07, 6.45) is 2.06. The number of esters is 1. The zero-order valence-corrected chi connectivity index (χ0v) is 14.0. The van der Waals surface area contributed by atoms with Gasteiger partial charge in [0.1, 0.15) is 5.52 Å². The second-order valence-electron chi connectivity index (χ2n) is 5.27. The normalized spacial score (nSPS) is 11.8. The van der Waals surface area contributed by atoms with Crippen molar-refractivity contribution in [2.75, 3.05) is 5.32 Å². The Morgan fingerprint density at radius 3 is 2.56 bits per heavy atom. The molecule has 7 heteroatoms. The van der Waals surface area contributed by atoms with E-state index in [1.54, 1.807) is 48.7 Å². The van der Waals surface area contributed by atoms with Gasteiger partial charge in [-0.1, -0.05) is 17.7 Å². The van der Waals surface area contributed by atoms with E-state index in [2.05, 4.69) is 15.3 Å². The van der Waals surface area contributed by atoms with Crippen LogP contribution in [0.1, 0.15) is 17.3 Å². The molecule has 3 aromatic rings. The first-order chi connectivity index (χ1) is 12.0. The Hall–Kier alpha value is -2.99. The molecule has 25 heavy (non-hydrogen) atoms. The molecule has 0 spiro atoms. The van der Waals surface area contributed by atoms with Crippen molar-refractivity contribution in [2.45, 2.75) is 13.0 Å². The summed E-state index contributed by atoms with van der Waals surface area (Å²) in [5.41, 5.74) is 1.83. The molecule has 1 N–H and O–H groups in total. The van der Waals surface area contributed by atoms with Crippen LogP contribution in [0.4, 0.5) is 5.69 Å². The minimum Gasteiger partial charge on any atom is -0.449 e. The SMILES string of the molecule is CC(OC(=O)c1cccc2nccnc12)C(=O)Nc1ccc(Cl)cc1. The summed E-state index contributed by atoms with van der Waals surface area (Å²) in [6.45, 7) is 1.50. The molecular formula is C18H14ClN3O3. The molecule has 1 aromatic heterocycles. The Balaban J connectivity index is 1.71. The minimum atomic E-state index is -0.977. The van der Waals surface area contributed by atoms with Crippen LogP contribution < -0.4 is 5.32 Å². The van der Waals surface area contributed by atoms with Gasteiger partial charge in [-0.3, -0.25) is 14.8 Å². The molecule has 1 heterocycles. The van der Waals surface area contributed by atoms with Crippen LogP contribution in [0.3, 0.4) is 0 Å². The molecule has 0 saturated heterocycles. The number of halogens is 1. The van der Waals surface area contributed by atoms with E-state index in [9.17, 15) is 9.59 Å². The van der Waals surface area contributed by atoms with Crippen molar-refractivity contribution < 1.29 is 14.3 Å². The molecule has 0 aliphatic rings. The predicted molar refractivity (Wildman–Crippen MR) is 94.5 cm³/mol. The fourth-order valence-electron chi connectivity index (χ4n) is 2.21. The van der Waals surface area contributed by atoms with Crippen LogP contribution in [0.2, 0.25) is 5.02 Å². The van der Waals surface area contributed by atoms with Gasteiger partial charge in [-0.15, -0.1) is 0 Å². The standard InChI is InChI=1S/C18H14ClN3O3/c1-11(17(23)22-13-7-5-12(19)6-8-13)25-18(24)14-3-2-4-15-16(14)21-10-9-20-15/h2-11H,1H3,(H,22,23). The van der Waals surface area contributed by atoms with E-state index in [4.69, 9.17) is 16.3 Å². The molecule has 0 fully saturated rings. The number of nitrogens with zero attached hydrogens (tertiary/aromatic N) is 2. The molecule has 2 aromatic carbocycles. The van der Waals surface area contributed by atoms with Gasteiger partial charge in [-0.2, -0.15) is 0 Å². The highest BCUT2D eigenvalue weighted by atomic mass is 35.5. The van der Waals surface area contributed by atoms with Gasteiger partial charge in [0.2, 0.25) is 0 Å². The number of ether oxygens (including phenoxy) is 1. The van der Waals surface area contributed by atoms with Crippen LogP contribution in [0, 0.1) is 0 Å². The molecule has 1 amide bonds. The lowest BCUT2D eigenvalue weighted by Gasteiger charge is -2.14. The van der Waals surface area contributed by atoms with Crippen LogP contribution in [0.25, 0.3) is 11.0 Å². The van der Waals surface area contributed by atoms with Gasteiger partial charge in [-0.25, -0.2) is 4.79 Å². The van der Waals surface area contributed by atoms with Crippen molar-refractivity contribution in [3.05, 3.63) is 65.4 Å². The lowest BCUT2D eigenvalue weighted by atomic mass is 10.2. The number of hydrogen-bond donors (Lipinski definition) is 1. The number of nitrogens with one attached hydrogen (secondary N) is 1. The molecule has 1 unspecified atom stereocenters. The van der Waals surface area contributed by atoms with Gasteiger partial charge >= 0.3 is 5.97 Å². The summed E-state index contributed by atoms with van der Waals surface area (Å²) in [7, 11) is 0. The van der Waals surface area contributed by atoms with Gasteiger partial charge in [0.05, 0.1) is 11.1 Å². The average molecular weight is 356 g/mol. The third-order valence-electron chi connectivity index (χ3n) is 3.48. The topological polar surface area (TPSA) is 81.2 Å². The predicted octanol–water partition coefficient (Wildman–Crippen LogP) is 3.47. The molecule has 6 nitrogen and oxygen atoms in total. The average Bonchev–Trinajstić information content (AvgIpc) is 2.63. The fraction of sp³-hybridized carbons (Fsp3) is 0.111. The lowest BCUT2D eigenvalue weighted by molar-refractivity contribution is -0.123. The van der Waals surface area contributed by atoms with E-state index in [1.807, 2.05) is 0 Å². The Morgan fingerprint density at radius 2 is 1.80 bits per heavy atom. The number of anilines is 1. The number of rotatable bonds is 4. The summed E-state index contributed by atoms with van der Waals surface area (Å²) >= 11 is 5.80. The Morgan fingerprint density at radius 1 is 1.08 bits per heavy atom. The van der Waals surface area contributed by atoms with Crippen molar-refractivity contribution in [2.24, 2.45) is 0 Å². The van der Waals surface area contributed by atoms with Gasteiger partial charge in [0, 0.05) is 23.1 Å². The first-order valence-corrected chi connectivity index (χ1v) is 7.89. The number of amides is 1. The number of carbonyl (C=O) groups is 2. The van der Waals surface area contributed by atoms with Crippen LogP contribution in [-0.4, -0.2) is 27.9 Å². The summed E-state index contributed by atoms with van der Waals surface area (Å²) in [5, 5.41) is 3.22. The first kappa shape index (κ1) is 16.9. The Labute approximate surface area is 148 Å². The minimum absolute atomic E-state index is 0.261. The number of hydrogen-bond acceptors (Lipinski definition) is 5. The second-order valence-corrected chi connectivity index (χ2v) is 5.71. The number of fused-ring (bicyclic) bond motifs is 1. The van der Waals surface area contributed by atoms with Gasteiger partial charge in [-0.05, 0) is 43.3 Å². The smallest absolute Gasteiger partial charge is 0.341 e. The molecule has 0 aliphatic carbocycles. The molecule has 0 aliphatic heterocycles. The Bertz CT molecular complexity index is 923. The number of para-hydroxylation sites is 1. The fourth-order valence-corrected chi connectivity index (χ4v) is 2.34. The zero-order valence-electron chi connectivity index (χ0n) is 13.3. The molecule has 0 bridgehead atoms. The van der Waals surface area contributed by atoms with Gasteiger partial charge < -0.3 is 10.1 Å². The third-order valence-corrected chi connectivity index (χ3v) is 3.74. The largest absolute Gasteiger partial charge is 0.449 e. The first-order valence-electron chi connectivity index (χ1n) is 7.52. The molecule has 1 atom stereocenters. The van der Waals surface area contributed by atoms with Crippen LogP contribution in [0.15, 0.2) is 54.9 Å². The summed E-state index contributed by atoms with van der Waals surface area (Å²) in [5.74, 6) is -1.08. The van der Waals surface area contributed by atoms with Crippen molar-refractivity contribution >= 4 is 40.2 Å². The lowest BCUT2D eigenvalue weighted by Crippen LogP contribution is -2.30. The summed E-state index contributed by atoms with van der Waals surface area (Å²) < 4.78 is 5.26.